The van der Waals surface area contributed by atoms with Crippen molar-refractivity contribution >= 4 is 11.8 Å². The fourth-order valence-corrected chi connectivity index (χ4v) is 2.99. The normalized spacial score (nSPS) is 14.5. The molecule has 27 heavy (non-hydrogen) atoms. The molecule has 2 aromatic carbocycles. The number of amides is 1. The van der Waals surface area contributed by atoms with Crippen LogP contribution in [0.2, 0.25) is 0 Å². The highest BCUT2D eigenvalue weighted by Crippen LogP contribution is 2.36. The van der Waals surface area contributed by atoms with E-state index in [-0.39, 0.29) is 18.3 Å². The molecule has 1 aliphatic heterocycles. The Bertz CT molecular complexity index is 818. The molecule has 0 aliphatic carbocycles. The number of hydrogen-bond donors (Lipinski definition) is 2. The zero-order valence-corrected chi connectivity index (χ0v) is 15.2. The molecule has 0 radical (unpaired) electrons. The summed E-state index contributed by atoms with van der Waals surface area (Å²) in [6.45, 7) is 4.91. The van der Waals surface area contributed by atoms with Crippen molar-refractivity contribution in [3.8, 4) is 5.75 Å². The average Bonchev–Trinajstić information content (AvgIpc) is 3.14. The van der Waals surface area contributed by atoms with Gasteiger partial charge in [0.05, 0.1) is 18.8 Å². The largest absolute Gasteiger partial charge is 0.486 e. The van der Waals surface area contributed by atoms with Crippen LogP contribution in [0.15, 0.2) is 36.4 Å². The summed E-state index contributed by atoms with van der Waals surface area (Å²) in [7, 11) is 0. The lowest BCUT2D eigenvalue weighted by molar-refractivity contribution is -0.0475. The van der Waals surface area contributed by atoms with Crippen LogP contribution in [0.3, 0.4) is 0 Å². The van der Waals surface area contributed by atoms with Crippen LogP contribution < -0.4 is 10.1 Å². The summed E-state index contributed by atoms with van der Waals surface area (Å²) >= 11 is 0. The molecule has 2 aromatic rings. The van der Waals surface area contributed by atoms with Gasteiger partial charge in [-0.05, 0) is 35.2 Å². The Balaban J connectivity index is 1.81. The number of hydrogen-bond acceptors (Lipinski definition) is 4. The standard InChI is InChI=1S/C20H22FNO5/c1-12(2)15-6-7-16(18(21)17(15)19-25-8-9-26-19)27-11-13-4-3-5-14(10-13)22-20(23)24/h3-7,10,12,19,22H,8-9,11H2,1-2H3,(H,23,24). The molecule has 144 valence electrons. The van der Waals surface area contributed by atoms with Gasteiger partial charge in [0.1, 0.15) is 6.61 Å². The molecule has 0 saturated carbocycles. The Morgan fingerprint density at radius 2 is 2.04 bits per heavy atom. The fraction of sp³-hybridized carbons (Fsp3) is 0.350. The SMILES string of the molecule is CC(C)c1ccc(OCc2cccc(NC(=O)O)c2)c(F)c1C1OCCO1. The van der Waals surface area contributed by atoms with Crippen molar-refractivity contribution in [2.24, 2.45) is 0 Å². The van der Waals surface area contributed by atoms with E-state index in [2.05, 4.69) is 5.32 Å². The predicted octanol–water partition coefficient (Wildman–Crippen LogP) is 4.66. The molecule has 0 spiro atoms. The third kappa shape index (κ3) is 4.56. The minimum Gasteiger partial charge on any atom is -0.486 e. The number of carbonyl (C=O) groups is 1. The summed E-state index contributed by atoms with van der Waals surface area (Å²) in [5.74, 6) is -0.284. The molecule has 1 amide bonds. The van der Waals surface area contributed by atoms with Crippen molar-refractivity contribution in [1.29, 1.82) is 0 Å². The third-order valence-electron chi connectivity index (χ3n) is 4.23. The highest BCUT2D eigenvalue weighted by Gasteiger charge is 2.28. The van der Waals surface area contributed by atoms with Crippen molar-refractivity contribution in [1.82, 2.24) is 0 Å². The summed E-state index contributed by atoms with van der Waals surface area (Å²) in [5.41, 5.74) is 2.33. The molecule has 0 bridgehead atoms. The van der Waals surface area contributed by atoms with Gasteiger partial charge < -0.3 is 19.3 Å². The molecule has 1 fully saturated rings. The second kappa shape index (κ2) is 8.37. The van der Waals surface area contributed by atoms with Crippen LogP contribution in [-0.2, 0) is 16.1 Å². The van der Waals surface area contributed by atoms with Gasteiger partial charge in [-0.3, -0.25) is 5.32 Å². The quantitative estimate of drug-likeness (QED) is 0.768. The summed E-state index contributed by atoms with van der Waals surface area (Å²) in [6, 6.07) is 10.2. The van der Waals surface area contributed by atoms with E-state index >= 15 is 4.39 Å². The summed E-state index contributed by atoms with van der Waals surface area (Å²) in [6.07, 6.45) is -1.88. The van der Waals surface area contributed by atoms with Gasteiger partial charge >= 0.3 is 6.09 Å². The van der Waals surface area contributed by atoms with Crippen LogP contribution in [0.1, 0.15) is 42.7 Å². The first-order chi connectivity index (χ1) is 13.0. The summed E-state index contributed by atoms with van der Waals surface area (Å²) < 4.78 is 31.8. The van der Waals surface area contributed by atoms with Crippen LogP contribution in [0.25, 0.3) is 0 Å². The number of carboxylic acid groups (broad SMARTS) is 1. The molecule has 1 heterocycles. The Hall–Kier alpha value is -2.64. The fourth-order valence-electron chi connectivity index (χ4n) is 2.99. The molecular formula is C20H22FNO5. The predicted molar refractivity (Wildman–Crippen MR) is 97.6 cm³/mol. The van der Waals surface area contributed by atoms with E-state index in [1.807, 2.05) is 19.9 Å². The van der Waals surface area contributed by atoms with Crippen LogP contribution in [0.4, 0.5) is 14.9 Å². The van der Waals surface area contributed by atoms with Crippen molar-refractivity contribution in [2.45, 2.75) is 32.7 Å². The van der Waals surface area contributed by atoms with Crippen molar-refractivity contribution in [2.75, 3.05) is 18.5 Å². The highest BCUT2D eigenvalue weighted by atomic mass is 19.1. The number of anilines is 1. The highest BCUT2D eigenvalue weighted by molar-refractivity contribution is 5.82. The van der Waals surface area contributed by atoms with Crippen LogP contribution in [0, 0.1) is 5.82 Å². The Kier molecular flexibility index (Phi) is 5.93. The van der Waals surface area contributed by atoms with Crippen LogP contribution >= 0.6 is 0 Å². The van der Waals surface area contributed by atoms with Gasteiger partial charge in [-0.2, -0.15) is 0 Å². The first-order valence-electron chi connectivity index (χ1n) is 8.73. The number of benzene rings is 2. The lowest BCUT2D eigenvalue weighted by Gasteiger charge is -2.20. The average molecular weight is 375 g/mol. The maximum atomic E-state index is 15.1. The Morgan fingerprint density at radius 1 is 1.30 bits per heavy atom. The first kappa shape index (κ1) is 19.1. The minimum atomic E-state index is -1.15. The molecule has 0 aromatic heterocycles. The lowest BCUT2D eigenvalue weighted by Crippen LogP contribution is -2.10. The van der Waals surface area contributed by atoms with Gasteiger partial charge in [0.15, 0.2) is 17.9 Å². The van der Waals surface area contributed by atoms with Crippen molar-refractivity contribution in [3.05, 3.63) is 58.9 Å². The number of halogens is 1. The maximum Gasteiger partial charge on any atom is 0.409 e. The van der Waals surface area contributed by atoms with E-state index in [1.165, 1.54) is 0 Å². The molecular weight excluding hydrogens is 353 g/mol. The molecule has 0 unspecified atom stereocenters. The Morgan fingerprint density at radius 3 is 2.70 bits per heavy atom. The monoisotopic (exact) mass is 375 g/mol. The van der Waals surface area contributed by atoms with E-state index < -0.39 is 18.2 Å². The second-order valence-corrected chi connectivity index (χ2v) is 6.53. The molecule has 7 heteroatoms. The third-order valence-corrected chi connectivity index (χ3v) is 4.23. The second-order valence-electron chi connectivity index (χ2n) is 6.53. The number of nitrogens with one attached hydrogen (secondary N) is 1. The van der Waals surface area contributed by atoms with Gasteiger partial charge in [-0.15, -0.1) is 0 Å². The summed E-state index contributed by atoms with van der Waals surface area (Å²) in [4.78, 5) is 10.7. The first-order valence-corrected chi connectivity index (χ1v) is 8.73. The molecule has 3 rings (SSSR count). The van der Waals surface area contributed by atoms with E-state index in [9.17, 15) is 4.79 Å². The van der Waals surface area contributed by atoms with Crippen LogP contribution in [-0.4, -0.2) is 24.4 Å². The van der Waals surface area contributed by atoms with Crippen molar-refractivity contribution in [3.63, 3.8) is 0 Å². The van der Waals surface area contributed by atoms with Gasteiger partial charge in [-0.25, -0.2) is 9.18 Å². The number of rotatable bonds is 6. The van der Waals surface area contributed by atoms with E-state index in [0.717, 1.165) is 5.56 Å². The zero-order valence-electron chi connectivity index (χ0n) is 15.2. The summed E-state index contributed by atoms with van der Waals surface area (Å²) in [5, 5.41) is 11.1. The molecule has 6 nitrogen and oxygen atoms in total. The van der Waals surface area contributed by atoms with Gasteiger partial charge in [0.2, 0.25) is 0 Å². The van der Waals surface area contributed by atoms with Crippen molar-refractivity contribution < 1.29 is 28.5 Å². The van der Waals surface area contributed by atoms with E-state index in [0.29, 0.717) is 30.0 Å². The van der Waals surface area contributed by atoms with E-state index in [4.69, 9.17) is 19.3 Å². The molecule has 1 saturated heterocycles. The van der Waals surface area contributed by atoms with Gasteiger partial charge in [0.25, 0.3) is 0 Å². The van der Waals surface area contributed by atoms with Gasteiger partial charge in [0, 0.05) is 5.69 Å². The van der Waals surface area contributed by atoms with Gasteiger partial charge in [-0.1, -0.05) is 32.0 Å². The molecule has 2 N–H and O–H groups in total. The number of ether oxygens (including phenoxy) is 3. The maximum absolute atomic E-state index is 15.1. The van der Waals surface area contributed by atoms with E-state index in [1.54, 1.807) is 30.3 Å². The Labute approximate surface area is 156 Å². The zero-order chi connectivity index (χ0) is 19.4. The van der Waals surface area contributed by atoms with Crippen LogP contribution in [0.5, 0.6) is 5.75 Å². The lowest BCUT2D eigenvalue weighted by atomic mass is 9.96. The minimum absolute atomic E-state index is 0.0961. The molecule has 0 atom stereocenters. The smallest absolute Gasteiger partial charge is 0.409 e. The topological polar surface area (TPSA) is 77.0 Å². The molecule has 1 aliphatic rings.